The van der Waals surface area contributed by atoms with Crippen molar-refractivity contribution in [2.24, 2.45) is 0 Å². The fourth-order valence-electron chi connectivity index (χ4n) is 1.42. The molecule has 0 spiro atoms. The highest BCUT2D eigenvalue weighted by molar-refractivity contribution is 6.32. The Kier molecular flexibility index (Phi) is 3.31. The van der Waals surface area contributed by atoms with Crippen molar-refractivity contribution in [1.29, 1.82) is 0 Å². The molecule has 1 aromatic heterocycles. The van der Waals surface area contributed by atoms with Gasteiger partial charge in [0.1, 0.15) is 5.15 Å². The second-order valence-electron chi connectivity index (χ2n) is 3.38. The summed E-state index contributed by atoms with van der Waals surface area (Å²) < 4.78 is 0. The second kappa shape index (κ2) is 4.73. The van der Waals surface area contributed by atoms with Gasteiger partial charge in [0, 0.05) is 16.8 Å². The van der Waals surface area contributed by atoms with Gasteiger partial charge in [0.05, 0.1) is 5.56 Å². The van der Waals surface area contributed by atoms with Crippen LogP contribution in [0.2, 0.25) is 10.2 Å². The molecule has 17 heavy (non-hydrogen) atoms. The minimum Gasteiger partial charge on any atom is -0.478 e. The van der Waals surface area contributed by atoms with E-state index in [4.69, 9.17) is 28.3 Å². The van der Waals surface area contributed by atoms with Gasteiger partial charge in [0.25, 0.3) is 0 Å². The zero-order valence-electron chi connectivity index (χ0n) is 8.52. The molecule has 0 saturated carbocycles. The van der Waals surface area contributed by atoms with E-state index in [1.807, 2.05) is 6.07 Å². The SMILES string of the molecule is O=C(O)c1cc(-c2cccc(Cl)c2)cnc1Cl. The van der Waals surface area contributed by atoms with Crippen molar-refractivity contribution in [3.8, 4) is 11.1 Å². The molecule has 2 rings (SSSR count). The number of hydrogen-bond acceptors (Lipinski definition) is 2. The van der Waals surface area contributed by atoms with Crippen molar-refractivity contribution in [1.82, 2.24) is 4.98 Å². The van der Waals surface area contributed by atoms with Crippen LogP contribution in [0.3, 0.4) is 0 Å². The first-order chi connectivity index (χ1) is 8.08. The molecular weight excluding hydrogens is 261 g/mol. The van der Waals surface area contributed by atoms with Crippen LogP contribution in [0, 0.1) is 0 Å². The lowest BCUT2D eigenvalue weighted by Crippen LogP contribution is -1.99. The van der Waals surface area contributed by atoms with Crippen molar-refractivity contribution < 1.29 is 9.90 Å². The molecule has 0 saturated heterocycles. The van der Waals surface area contributed by atoms with Crippen LogP contribution >= 0.6 is 23.2 Å². The van der Waals surface area contributed by atoms with Gasteiger partial charge in [-0.05, 0) is 23.8 Å². The summed E-state index contributed by atoms with van der Waals surface area (Å²) in [4.78, 5) is 14.8. The van der Waals surface area contributed by atoms with Crippen LogP contribution in [0.25, 0.3) is 11.1 Å². The topological polar surface area (TPSA) is 50.2 Å². The third-order valence-corrected chi connectivity index (χ3v) is 2.76. The van der Waals surface area contributed by atoms with Crippen molar-refractivity contribution in [2.45, 2.75) is 0 Å². The van der Waals surface area contributed by atoms with E-state index < -0.39 is 5.97 Å². The molecule has 0 fully saturated rings. The molecule has 0 bridgehead atoms. The summed E-state index contributed by atoms with van der Waals surface area (Å²) in [6.45, 7) is 0. The predicted octanol–water partition coefficient (Wildman–Crippen LogP) is 3.75. The quantitative estimate of drug-likeness (QED) is 0.844. The Balaban J connectivity index is 2.54. The van der Waals surface area contributed by atoms with Crippen LogP contribution in [0.4, 0.5) is 0 Å². The fourth-order valence-corrected chi connectivity index (χ4v) is 1.80. The summed E-state index contributed by atoms with van der Waals surface area (Å²) in [5.41, 5.74) is 1.43. The zero-order valence-corrected chi connectivity index (χ0v) is 10.0. The molecule has 0 aliphatic carbocycles. The molecule has 0 amide bonds. The molecule has 3 nitrogen and oxygen atoms in total. The molecule has 1 aromatic carbocycles. The fraction of sp³-hybridized carbons (Fsp3) is 0. The number of benzene rings is 1. The molecule has 1 heterocycles. The first-order valence-corrected chi connectivity index (χ1v) is 5.48. The third kappa shape index (κ3) is 2.57. The van der Waals surface area contributed by atoms with Crippen LogP contribution in [0.5, 0.6) is 0 Å². The minimum absolute atomic E-state index is 0.0239. The van der Waals surface area contributed by atoms with E-state index in [0.29, 0.717) is 10.6 Å². The summed E-state index contributed by atoms with van der Waals surface area (Å²) >= 11 is 11.6. The number of aromatic carboxylic acids is 1. The molecule has 0 unspecified atom stereocenters. The number of pyridine rings is 1. The molecule has 0 aliphatic rings. The molecule has 1 N–H and O–H groups in total. The number of carbonyl (C=O) groups is 1. The Morgan fingerprint density at radius 3 is 2.59 bits per heavy atom. The Labute approximate surface area is 108 Å². The molecular formula is C12H7Cl2NO2. The van der Waals surface area contributed by atoms with E-state index in [-0.39, 0.29) is 10.7 Å². The Bertz CT molecular complexity index is 584. The third-order valence-electron chi connectivity index (χ3n) is 2.23. The lowest BCUT2D eigenvalue weighted by Gasteiger charge is -2.04. The van der Waals surface area contributed by atoms with Gasteiger partial charge in [-0.3, -0.25) is 0 Å². The van der Waals surface area contributed by atoms with Crippen LogP contribution in [0.15, 0.2) is 36.5 Å². The predicted molar refractivity (Wildman–Crippen MR) is 66.7 cm³/mol. The van der Waals surface area contributed by atoms with E-state index in [1.54, 1.807) is 18.2 Å². The number of carboxylic acids is 1. The second-order valence-corrected chi connectivity index (χ2v) is 4.17. The first kappa shape index (κ1) is 11.9. The van der Waals surface area contributed by atoms with Crippen molar-refractivity contribution >= 4 is 29.2 Å². The Morgan fingerprint density at radius 1 is 1.18 bits per heavy atom. The lowest BCUT2D eigenvalue weighted by molar-refractivity contribution is 0.0696. The highest BCUT2D eigenvalue weighted by atomic mass is 35.5. The lowest BCUT2D eigenvalue weighted by atomic mass is 10.1. The maximum atomic E-state index is 10.9. The molecule has 0 aliphatic heterocycles. The van der Waals surface area contributed by atoms with Gasteiger partial charge in [-0.2, -0.15) is 0 Å². The van der Waals surface area contributed by atoms with E-state index in [9.17, 15) is 4.79 Å². The van der Waals surface area contributed by atoms with Crippen LogP contribution in [-0.4, -0.2) is 16.1 Å². The van der Waals surface area contributed by atoms with Gasteiger partial charge in [-0.15, -0.1) is 0 Å². The number of aromatic nitrogens is 1. The van der Waals surface area contributed by atoms with Gasteiger partial charge in [0.15, 0.2) is 0 Å². The maximum absolute atomic E-state index is 10.9. The van der Waals surface area contributed by atoms with E-state index in [0.717, 1.165) is 5.56 Å². The van der Waals surface area contributed by atoms with E-state index in [2.05, 4.69) is 4.98 Å². The van der Waals surface area contributed by atoms with Gasteiger partial charge in [-0.25, -0.2) is 9.78 Å². The Morgan fingerprint density at radius 2 is 1.94 bits per heavy atom. The first-order valence-electron chi connectivity index (χ1n) is 4.72. The van der Waals surface area contributed by atoms with Crippen molar-refractivity contribution in [3.63, 3.8) is 0 Å². The van der Waals surface area contributed by atoms with Gasteiger partial charge in [0.2, 0.25) is 0 Å². The van der Waals surface area contributed by atoms with Crippen LogP contribution < -0.4 is 0 Å². The van der Waals surface area contributed by atoms with Crippen molar-refractivity contribution in [3.05, 3.63) is 52.3 Å². The van der Waals surface area contributed by atoms with E-state index in [1.165, 1.54) is 12.3 Å². The Hall–Kier alpha value is -1.58. The van der Waals surface area contributed by atoms with Gasteiger partial charge >= 0.3 is 5.97 Å². The maximum Gasteiger partial charge on any atom is 0.338 e. The number of nitrogens with zero attached hydrogens (tertiary/aromatic N) is 1. The average molecular weight is 268 g/mol. The summed E-state index contributed by atoms with van der Waals surface area (Å²) in [6.07, 6.45) is 1.51. The highest BCUT2D eigenvalue weighted by Gasteiger charge is 2.11. The molecule has 0 atom stereocenters. The van der Waals surface area contributed by atoms with Gasteiger partial charge in [-0.1, -0.05) is 35.3 Å². The number of halogens is 2. The summed E-state index contributed by atoms with van der Waals surface area (Å²) in [6, 6.07) is 8.56. The normalized spacial score (nSPS) is 10.2. The molecule has 2 aromatic rings. The summed E-state index contributed by atoms with van der Waals surface area (Å²) in [7, 11) is 0. The smallest absolute Gasteiger partial charge is 0.338 e. The number of hydrogen-bond donors (Lipinski definition) is 1. The largest absolute Gasteiger partial charge is 0.478 e. The number of rotatable bonds is 2. The molecule has 0 radical (unpaired) electrons. The van der Waals surface area contributed by atoms with Crippen molar-refractivity contribution in [2.75, 3.05) is 0 Å². The van der Waals surface area contributed by atoms with Gasteiger partial charge < -0.3 is 5.11 Å². The monoisotopic (exact) mass is 267 g/mol. The molecule has 86 valence electrons. The summed E-state index contributed by atoms with van der Waals surface area (Å²) in [5.74, 6) is -1.11. The van der Waals surface area contributed by atoms with Crippen LogP contribution in [0.1, 0.15) is 10.4 Å². The zero-order chi connectivity index (χ0) is 12.4. The highest BCUT2D eigenvalue weighted by Crippen LogP contribution is 2.25. The molecule has 5 heteroatoms. The average Bonchev–Trinajstić information content (AvgIpc) is 2.29. The van der Waals surface area contributed by atoms with E-state index >= 15 is 0 Å². The standard InChI is InChI=1S/C12H7Cl2NO2/c13-9-3-1-2-7(4-9)8-5-10(12(16)17)11(14)15-6-8/h1-6H,(H,16,17). The summed E-state index contributed by atoms with van der Waals surface area (Å²) in [5, 5.41) is 9.49. The number of carboxylic acid groups (broad SMARTS) is 1. The minimum atomic E-state index is -1.11. The van der Waals surface area contributed by atoms with Crippen LogP contribution in [-0.2, 0) is 0 Å².